The molecule has 1 rings (SSSR count). The van der Waals surface area contributed by atoms with Crippen molar-refractivity contribution in [2.75, 3.05) is 32.8 Å². The van der Waals surface area contributed by atoms with Crippen molar-refractivity contribution in [1.82, 2.24) is 4.90 Å². The number of rotatable bonds is 42. The largest absolute Gasteiger partial charge is 0.466 e. The van der Waals surface area contributed by atoms with Crippen LogP contribution in [0.1, 0.15) is 239 Å². The molecule has 0 aromatic rings. The first-order valence-electron chi connectivity index (χ1n) is 24.4. The molecular formula is C48H91NO7. The number of cyclic esters (lactones) is 2. The highest BCUT2D eigenvalue weighted by atomic mass is 16.6. The quantitative estimate of drug-likeness (QED) is 0.0370. The Bertz CT molecular complexity index is 898. The van der Waals surface area contributed by atoms with Crippen LogP contribution in [0.5, 0.6) is 0 Å². The predicted octanol–water partition coefficient (Wildman–Crippen LogP) is 12.6. The van der Waals surface area contributed by atoms with Gasteiger partial charge in [-0.3, -0.25) is 4.79 Å². The van der Waals surface area contributed by atoms with Crippen LogP contribution in [0.25, 0.3) is 0 Å². The van der Waals surface area contributed by atoms with Crippen molar-refractivity contribution in [1.29, 1.82) is 0 Å². The standard InChI is InChI=1S/C48H91NO7/c1-4-7-10-13-16-17-18-26-33-42-54-45(51)37-30-22-19-24-31-38-49(40-41-50)39-32-25-23-29-36-44-47(52)56-46(48(53)55-44)43(34-27-20-14-11-8-5-2)35-28-21-15-12-9-6-3/h43-44,46,50H,4-42H2,1-3H3/t44?,46-/m1/s1. The zero-order valence-electron chi connectivity index (χ0n) is 37.2. The van der Waals surface area contributed by atoms with Crippen LogP contribution in [0, 0.1) is 5.92 Å². The van der Waals surface area contributed by atoms with E-state index < -0.39 is 12.2 Å². The van der Waals surface area contributed by atoms with E-state index in [0.29, 0.717) is 26.0 Å². The third-order valence-electron chi connectivity index (χ3n) is 11.8. The maximum Gasteiger partial charge on any atom is 0.348 e. The molecule has 0 aromatic heterocycles. The number of hydrogen-bond acceptors (Lipinski definition) is 8. The molecule has 56 heavy (non-hydrogen) atoms. The number of ether oxygens (including phenoxy) is 3. The first-order chi connectivity index (χ1) is 27.5. The second-order valence-corrected chi connectivity index (χ2v) is 17.0. The number of esters is 3. The molecule has 1 aliphatic rings. The van der Waals surface area contributed by atoms with E-state index in [9.17, 15) is 19.5 Å². The molecule has 0 aromatic carbocycles. The fraction of sp³-hybridized carbons (Fsp3) is 0.938. The molecule has 1 heterocycles. The molecule has 1 aliphatic heterocycles. The van der Waals surface area contributed by atoms with Crippen LogP contribution in [-0.4, -0.2) is 73.0 Å². The number of carbonyl (C=O) groups is 3. The molecular weight excluding hydrogens is 703 g/mol. The van der Waals surface area contributed by atoms with Gasteiger partial charge in [-0.2, -0.15) is 0 Å². The molecule has 1 fully saturated rings. The molecule has 1 saturated heterocycles. The van der Waals surface area contributed by atoms with Gasteiger partial charge in [-0.05, 0) is 64.5 Å². The minimum Gasteiger partial charge on any atom is -0.466 e. The highest BCUT2D eigenvalue weighted by Crippen LogP contribution is 2.29. The number of nitrogens with zero attached hydrogens (tertiary/aromatic N) is 1. The SMILES string of the molecule is CCCCCCCCCCCOC(=O)CCCCCCCN(CCO)CCCCCCC1OC(=O)[C@@H](C(CCCCCCCC)CCCCCCCC)OC1=O. The van der Waals surface area contributed by atoms with Crippen LogP contribution in [0.3, 0.4) is 0 Å². The zero-order chi connectivity index (χ0) is 40.7. The Morgan fingerprint density at radius 2 is 1.00 bits per heavy atom. The van der Waals surface area contributed by atoms with Gasteiger partial charge in [-0.15, -0.1) is 0 Å². The second kappa shape index (κ2) is 38.8. The van der Waals surface area contributed by atoms with Crippen LogP contribution < -0.4 is 0 Å². The number of aliphatic hydroxyl groups excluding tert-OH is 1. The Morgan fingerprint density at radius 1 is 0.554 bits per heavy atom. The number of hydrogen-bond donors (Lipinski definition) is 1. The molecule has 0 aliphatic carbocycles. The summed E-state index contributed by atoms with van der Waals surface area (Å²) in [5, 5.41) is 9.59. The molecule has 0 spiro atoms. The average Bonchev–Trinajstić information content (AvgIpc) is 3.19. The molecule has 0 radical (unpaired) electrons. The van der Waals surface area contributed by atoms with Crippen LogP contribution in [0.2, 0.25) is 0 Å². The Morgan fingerprint density at radius 3 is 1.52 bits per heavy atom. The van der Waals surface area contributed by atoms with E-state index in [1.54, 1.807) is 0 Å². The summed E-state index contributed by atoms with van der Waals surface area (Å²) in [6, 6.07) is 0. The highest BCUT2D eigenvalue weighted by Gasteiger charge is 2.41. The van der Waals surface area contributed by atoms with Crippen molar-refractivity contribution >= 4 is 17.9 Å². The summed E-state index contributed by atoms with van der Waals surface area (Å²) in [5.74, 6) is -0.683. The van der Waals surface area contributed by atoms with Crippen LogP contribution in [0.15, 0.2) is 0 Å². The summed E-state index contributed by atoms with van der Waals surface area (Å²) in [4.78, 5) is 40.6. The van der Waals surface area contributed by atoms with Crippen LogP contribution in [0.4, 0.5) is 0 Å². The smallest absolute Gasteiger partial charge is 0.348 e. The molecule has 330 valence electrons. The minimum absolute atomic E-state index is 0.0478. The van der Waals surface area contributed by atoms with Crippen molar-refractivity contribution in [3.05, 3.63) is 0 Å². The summed E-state index contributed by atoms with van der Waals surface area (Å²) in [6.07, 6.45) is 36.4. The van der Waals surface area contributed by atoms with Crippen molar-refractivity contribution < 1.29 is 33.7 Å². The summed E-state index contributed by atoms with van der Waals surface area (Å²) in [7, 11) is 0. The van der Waals surface area contributed by atoms with Gasteiger partial charge in [0.25, 0.3) is 0 Å². The normalized spacial score (nSPS) is 15.8. The lowest BCUT2D eigenvalue weighted by Gasteiger charge is -2.32. The lowest BCUT2D eigenvalue weighted by atomic mass is 9.89. The van der Waals surface area contributed by atoms with Crippen LogP contribution in [-0.2, 0) is 28.6 Å². The lowest BCUT2D eigenvalue weighted by Crippen LogP contribution is -2.47. The van der Waals surface area contributed by atoms with Crippen molar-refractivity contribution in [2.24, 2.45) is 5.92 Å². The second-order valence-electron chi connectivity index (χ2n) is 17.0. The Kier molecular flexibility index (Phi) is 36.3. The summed E-state index contributed by atoms with van der Waals surface area (Å²) >= 11 is 0. The third kappa shape index (κ3) is 29.5. The van der Waals surface area contributed by atoms with E-state index in [-0.39, 0.29) is 30.4 Å². The van der Waals surface area contributed by atoms with E-state index in [0.717, 1.165) is 109 Å². The Labute approximate surface area is 345 Å². The van der Waals surface area contributed by atoms with E-state index in [1.807, 2.05) is 0 Å². The van der Waals surface area contributed by atoms with Gasteiger partial charge in [-0.25, -0.2) is 9.59 Å². The van der Waals surface area contributed by atoms with Gasteiger partial charge in [0.05, 0.1) is 13.2 Å². The molecule has 0 amide bonds. The number of aliphatic hydroxyl groups is 1. The topological polar surface area (TPSA) is 102 Å². The molecule has 0 saturated carbocycles. The summed E-state index contributed by atoms with van der Waals surface area (Å²) < 4.78 is 17.0. The van der Waals surface area contributed by atoms with Crippen molar-refractivity contribution in [3.63, 3.8) is 0 Å². The average molecular weight is 794 g/mol. The van der Waals surface area contributed by atoms with E-state index >= 15 is 0 Å². The van der Waals surface area contributed by atoms with Gasteiger partial charge in [0.1, 0.15) is 0 Å². The summed E-state index contributed by atoms with van der Waals surface area (Å²) in [5.41, 5.74) is 0. The molecule has 1 N–H and O–H groups in total. The predicted molar refractivity (Wildman–Crippen MR) is 232 cm³/mol. The number of unbranched alkanes of at least 4 members (excludes halogenated alkanes) is 25. The third-order valence-corrected chi connectivity index (χ3v) is 11.8. The Hall–Kier alpha value is -1.67. The van der Waals surface area contributed by atoms with Gasteiger partial charge in [0.2, 0.25) is 6.10 Å². The van der Waals surface area contributed by atoms with E-state index in [4.69, 9.17) is 14.2 Å². The van der Waals surface area contributed by atoms with Crippen LogP contribution >= 0.6 is 0 Å². The highest BCUT2D eigenvalue weighted by molar-refractivity contribution is 5.87. The summed E-state index contributed by atoms with van der Waals surface area (Å²) in [6.45, 7) is 10.1. The fourth-order valence-electron chi connectivity index (χ4n) is 8.09. The first kappa shape index (κ1) is 52.3. The fourth-order valence-corrected chi connectivity index (χ4v) is 8.09. The van der Waals surface area contributed by atoms with E-state index in [1.165, 1.54) is 109 Å². The van der Waals surface area contributed by atoms with Gasteiger partial charge in [0.15, 0.2) is 6.10 Å². The van der Waals surface area contributed by atoms with E-state index in [2.05, 4.69) is 25.7 Å². The molecule has 0 bridgehead atoms. The van der Waals surface area contributed by atoms with Gasteiger partial charge < -0.3 is 24.2 Å². The van der Waals surface area contributed by atoms with Gasteiger partial charge in [-0.1, -0.05) is 181 Å². The van der Waals surface area contributed by atoms with Gasteiger partial charge in [0, 0.05) is 18.9 Å². The molecule has 8 heteroatoms. The first-order valence-corrected chi connectivity index (χ1v) is 24.4. The molecule has 8 nitrogen and oxygen atoms in total. The van der Waals surface area contributed by atoms with Gasteiger partial charge >= 0.3 is 17.9 Å². The lowest BCUT2D eigenvalue weighted by molar-refractivity contribution is -0.200. The van der Waals surface area contributed by atoms with Crippen molar-refractivity contribution in [3.8, 4) is 0 Å². The number of carbonyl (C=O) groups excluding carboxylic acids is 3. The maximum absolute atomic E-state index is 13.1. The maximum atomic E-state index is 13.1. The zero-order valence-corrected chi connectivity index (χ0v) is 37.2. The molecule has 1 unspecified atom stereocenters. The monoisotopic (exact) mass is 794 g/mol. The molecule has 2 atom stereocenters. The minimum atomic E-state index is -0.774. The van der Waals surface area contributed by atoms with Crippen molar-refractivity contribution in [2.45, 2.75) is 251 Å². The Balaban J connectivity index is 2.19.